The van der Waals surface area contributed by atoms with Gasteiger partial charge in [-0.05, 0) is 35.4 Å². The first kappa shape index (κ1) is 18.8. The fraction of sp³-hybridized carbons (Fsp3) is 0.0952. The molecule has 0 saturated heterocycles. The Labute approximate surface area is 171 Å². The van der Waals surface area contributed by atoms with E-state index in [1.807, 2.05) is 30.3 Å². The van der Waals surface area contributed by atoms with Gasteiger partial charge in [-0.1, -0.05) is 29.8 Å². The van der Waals surface area contributed by atoms with Gasteiger partial charge in [-0.3, -0.25) is 14.8 Å². The third-order valence-electron chi connectivity index (χ3n) is 4.56. The molecule has 3 aromatic rings. The molecule has 1 aromatic heterocycles. The minimum absolute atomic E-state index is 0.391. The van der Waals surface area contributed by atoms with Gasteiger partial charge < -0.3 is 5.11 Å². The van der Waals surface area contributed by atoms with Gasteiger partial charge in [-0.2, -0.15) is 5.10 Å². The summed E-state index contributed by atoms with van der Waals surface area (Å²) >= 11 is 5.97. The molecule has 1 N–H and O–H groups in total. The highest BCUT2D eigenvalue weighted by atomic mass is 35.5. The average molecular weight is 407 g/mol. The molecule has 0 bridgehead atoms. The summed E-state index contributed by atoms with van der Waals surface area (Å²) in [6, 6.07) is 12.4. The first-order chi connectivity index (χ1) is 14.0. The zero-order valence-electron chi connectivity index (χ0n) is 15.1. The van der Waals surface area contributed by atoms with Crippen LogP contribution in [0.15, 0.2) is 72.1 Å². The summed E-state index contributed by atoms with van der Waals surface area (Å²) in [7, 11) is 0. The molecule has 1 atom stereocenters. The van der Waals surface area contributed by atoms with Crippen LogP contribution in [0.3, 0.4) is 0 Å². The smallest absolute Gasteiger partial charge is 0.328 e. The quantitative estimate of drug-likeness (QED) is 0.668. The standard InChI is InChI=1S/C21H15ClN4O3/c22-15-4-1-13(2-5-15)17-12-19(26(25-17)20(27)7-8-21(28)29)14-3-6-16-18(11-14)24-10-9-23-16/h1-11,19H,12H2,(H,28,29)/b8-7-. The van der Waals surface area contributed by atoms with Crippen LogP contribution >= 0.6 is 11.6 Å². The number of carbonyl (C=O) groups excluding carboxylic acids is 1. The molecule has 1 amide bonds. The lowest BCUT2D eigenvalue weighted by Gasteiger charge is -2.20. The molecule has 0 radical (unpaired) electrons. The summed E-state index contributed by atoms with van der Waals surface area (Å²) in [5.41, 5.74) is 3.85. The lowest BCUT2D eigenvalue weighted by atomic mass is 9.98. The van der Waals surface area contributed by atoms with Crippen LogP contribution in [0.1, 0.15) is 23.6 Å². The number of aliphatic carboxylic acids is 1. The van der Waals surface area contributed by atoms with Crippen molar-refractivity contribution in [1.82, 2.24) is 15.0 Å². The van der Waals surface area contributed by atoms with Crippen molar-refractivity contribution in [2.45, 2.75) is 12.5 Å². The van der Waals surface area contributed by atoms with Crippen molar-refractivity contribution in [2.75, 3.05) is 0 Å². The van der Waals surface area contributed by atoms with Crippen molar-refractivity contribution < 1.29 is 14.7 Å². The molecule has 1 aliphatic rings. The Kier molecular flexibility index (Phi) is 5.05. The maximum absolute atomic E-state index is 12.6. The molecule has 0 aliphatic carbocycles. The predicted molar refractivity (Wildman–Crippen MR) is 109 cm³/mol. The topological polar surface area (TPSA) is 95.8 Å². The highest BCUT2D eigenvalue weighted by Crippen LogP contribution is 2.34. The molecular weight excluding hydrogens is 392 g/mol. The molecule has 0 saturated carbocycles. The van der Waals surface area contributed by atoms with Gasteiger partial charge >= 0.3 is 5.97 Å². The van der Waals surface area contributed by atoms with Crippen LogP contribution in [0.5, 0.6) is 0 Å². The summed E-state index contributed by atoms with van der Waals surface area (Å²) in [5, 5.41) is 15.2. The minimum Gasteiger partial charge on any atom is -0.478 e. The van der Waals surface area contributed by atoms with Gasteiger partial charge in [0, 0.05) is 36.0 Å². The van der Waals surface area contributed by atoms with Crippen LogP contribution in [0, 0.1) is 0 Å². The van der Waals surface area contributed by atoms with Gasteiger partial charge in [0.1, 0.15) is 0 Å². The maximum Gasteiger partial charge on any atom is 0.328 e. The molecule has 8 heteroatoms. The highest BCUT2D eigenvalue weighted by Gasteiger charge is 2.32. The lowest BCUT2D eigenvalue weighted by molar-refractivity contribution is -0.132. The zero-order valence-corrected chi connectivity index (χ0v) is 15.8. The number of hydrogen-bond donors (Lipinski definition) is 1. The highest BCUT2D eigenvalue weighted by molar-refractivity contribution is 6.30. The fourth-order valence-electron chi connectivity index (χ4n) is 3.20. The largest absolute Gasteiger partial charge is 0.478 e. The molecule has 2 heterocycles. The Morgan fingerprint density at radius 1 is 1.03 bits per heavy atom. The van der Waals surface area contributed by atoms with Crippen LogP contribution in [0.25, 0.3) is 11.0 Å². The van der Waals surface area contributed by atoms with Crippen molar-refractivity contribution >= 4 is 40.2 Å². The van der Waals surface area contributed by atoms with Crippen LogP contribution < -0.4 is 0 Å². The van der Waals surface area contributed by atoms with Crippen LogP contribution in [0.2, 0.25) is 5.02 Å². The molecule has 4 rings (SSSR count). The summed E-state index contributed by atoms with van der Waals surface area (Å²) < 4.78 is 0. The van der Waals surface area contributed by atoms with Crippen molar-refractivity contribution in [3.8, 4) is 0 Å². The predicted octanol–water partition coefficient (Wildman–Crippen LogP) is 3.60. The van der Waals surface area contributed by atoms with E-state index in [1.54, 1.807) is 24.5 Å². The third-order valence-corrected chi connectivity index (χ3v) is 4.81. The molecule has 1 aliphatic heterocycles. The molecule has 0 fully saturated rings. The number of nitrogens with zero attached hydrogens (tertiary/aromatic N) is 4. The number of halogens is 1. The van der Waals surface area contributed by atoms with E-state index < -0.39 is 17.9 Å². The number of hydrogen-bond acceptors (Lipinski definition) is 5. The van der Waals surface area contributed by atoms with E-state index in [4.69, 9.17) is 16.7 Å². The molecular formula is C21H15ClN4O3. The van der Waals surface area contributed by atoms with Gasteiger partial charge in [-0.25, -0.2) is 9.80 Å². The van der Waals surface area contributed by atoms with Crippen molar-refractivity contribution in [3.63, 3.8) is 0 Å². The summed E-state index contributed by atoms with van der Waals surface area (Å²) in [6.45, 7) is 0. The Morgan fingerprint density at radius 3 is 2.48 bits per heavy atom. The second kappa shape index (κ2) is 7.81. The molecule has 29 heavy (non-hydrogen) atoms. The molecule has 0 spiro atoms. The van der Waals surface area contributed by atoms with E-state index in [9.17, 15) is 9.59 Å². The Bertz CT molecular complexity index is 1160. The van der Waals surface area contributed by atoms with E-state index in [-0.39, 0.29) is 0 Å². The van der Waals surface area contributed by atoms with Gasteiger partial charge in [0.25, 0.3) is 5.91 Å². The van der Waals surface area contributed by atoms with Crippen LogP contribution in [-0.2, 0) is 9.59 Å². The first-order valence-corrected chi connectivity index (χ1v) is 9.17. The Balaban J connectivity index is 1.72. The zero-order chi connectivity index (χ0) is 20.4. The van der Waals surface area contributed by atoms with Gasteiger partial charge in [-0.15, -0.1) is 0 Å². The number of aromatic nitrogens is 2. The number of benzene rings is 2. The normalized spacial score (nSPS) is 16.4. The number of amides is 1. The Hall–Kier alpha value is -3.58. The number of rotatable bonds is 4. The number of carboxylic acid groups (broad SMARTS) is 1. The maximum atomic E-state index is 12.6. The van der Waals surface area contributed by atoms with E-state index in [1.165, 1.54) is 5.01 Å². The van der Waals surface area contributed by atoms with E-state index in [2.05, 4.69) is 15.1 Å². The first-order valence-electron chi connectivity index (χ1n) is 8.79. The van der Waals surface area contributed by atoms with Crippen LogP contribution in [0.4, 0.5) is 0 Å². The summed E-state index contributed by atoms with van der Waals surface area (Å²) in [6.07, 6.45) is 5.51. The van der Waals surface area contributed by atoms with E-state index in [0.29, 0.717) is 22.7 Å². The average Bonchev–Trinajstić information content (AvgIpc) is 3.17. The second-order valence-electron chi connectivity index (χ2n) is 6.43. The molecule has 2 aromatic carbocycles. The van der Waals surface area contributed by atoms with Gasteiger partial charge in [0.05, 0.1) is 22.8 Å². The molecule has 144 valence electrons. The number of carbonyl (C=O) groups is 2. The number of carboxylic acids is 1. The van der Waals surface area contributed by atoms with Crippen molar-refractivity contribution in [1.29, 1.82) is 0 Å². The fourth-order valence-corrected chi connectivity index (χ4v) is 3.32. The summed E-state index contributed by atoms with van der Waals surface area (Å²) in [5.74, 6) is -1.71. The molecule has 7 nitrogen and oxygen atoms in total. The van der Waals surface area contributed by atoms with Crippen molar-refractivity contribution in [2.24, 2.45) is 5.10 Å². The third kappa shape index (κ3) is 4.00. The molecule has 1 unspecified atom stereocenters. The second-order valence-corrected chi connectivity index (χ2v) is 6.87. The number of hydrazone groups is 1. The van der Waals surface area contributed by atoms with Gasteiger partial charge in [0.2, 0.25) is 0 Å². The Morgan fingerprint density at radius 2 is 1.76 bits per heavy atom. The lowest BCUT2D eigenvalue weighted by Crippen LogP contribution is -2.25. The van der Waals surface area contributed by atoms with E-state index >= 15 is 0 Å². The van der Waals surface area contributed by atoms with Crippen LogP contribution in [-0.4, -0.2) is 37.7 Å². The summed E-state index contributed by atoms with van der Waals surface area (Å²) in [4.78, 5) is 32.0. The van der Waals surface area contributed by atoms with Gasteiger partial charge in [0.15, 0.2) is 0 Å². The SMILES string of the molecule is O=C(O)/C=C\C(=O)N1N=C(c2ccc(Cl)cc2)CC1c1ccc2nccnc2c1. The minimum atomic E-state index is -1.20. The van der Waals surface area contributed by atoms with Crippen molar-refractivity contribution in [3.05, 3.63) is 83.2 Å². The van der Waals surface area contributed by atoms with E-state index in [0.717, 1.165) is 28.8 Å². The number of fused-ring (bicyclic) bond motifs is 1. The monoisotopic (exact) mass is 406 g/mol.